The van der Waals surface area contributed by atoms with Crippen molar-refractivity contribution in [1.29, 1.82) is 0 Å². The summed E-state index contributed by atoms with van der Waals surface area (Å²) >= 11 is 0. The first-order valence-corrected chi connectivity index (χ1v) is 4.58. The lowest BCUT2D eigenvalue weighted by Crippen LogP contribution is -2.35. The highest BCUT2D eigenvalue weighted by atomic mass is 16.3. The molecule has 80 valence electrons. The third kappa shape index (κ3) is 24.5. The van der Waals surface area contributed by atoms with Crippen LogP contribution in [0.3, 0.4) is 0 Å². The van der Waals surface area contributed by atoms with Crippen molar-refractivity contribution in [2.24, 2.45) is 11.7 Å². The van der Waals surface area contributed by atoms with Crippen LogP contribution in [0.25, 0.3) is 0 Å². The fourth-order valence-electron chi connectivity index (χ4n) is 0.575. The van der Waals surface area contributed by atoms with E-state index in [1.165, 1.54) is 0 Å². The maximum atomic E-state index is 10.3. The predicted molar refractivity (Wildman–Crippen MR) is 55.5 cm³/mol. The van der Waals surface area contributed by atoms with Gasteiger partial charge in [0.2, 0.25) is 0 Å². The summed E-state index contributed by atoms with van der Waals surface area (Å²) in [6.07, 6.45) is 0.722. The molecule has 3 nitrogen and oxygen atoms in total. The highest BCUT2D eigenvalue weighted by molar-refractivity contribution is 5.75. The molecule has 13 heavy (non-hydrogen) atoms. The molecule has 0 spiro atoms. The van der Waals surface area contributed by atoms with Crippen LogP contribution in [0.1, 0.15) is 41.0 Å². The third-order valence-electron chi connectivity index (χ3n) is 1.10. The van der Waals surface area contributed by atoms with Gasteiger partial charge in [0.1, 0.15) is 5.78 Å². The van der Waals surface area contributed by atoms with Crippen LogP contribution in [0.5, 0.6) is 0 Å². The molecule has 3 heteroatoms. The van der Waals surface area contributed by atoms with Crippen molar-refractivity contribution >= 4 is 5.78 Å². The van der Waals surface area contributed by atoms with Gasteiger partial charge in [0.15, 0.2) is 0 Å². The molecule has 0 rings (SSSR count). The number of carbonyl (C=O) groups excluding carboxylic acids is 1. The van der Waals surface area contributed by atoms with E-state index >= 15 is 0 Å². The fourth-order valence-corrected chi connectivity index (χ4v) is 0.575. The molecular weight excluding hydrogens is 166 g/mol. The van der Waals surface area contributed by atoms with Crippen molar-refractivity contribution in [2.45, 2.75) is 46.6 Å². The first kappa shape index (κ1) is 15.1. The van der Waals surface area contributed by atoms with Crippen LogP contribution in [-0.2, 0) is 4.79 Å². The maximum absolute atomic E-state index is 10.3. The normalized spacial score (nSPS) is 10.8. The van der Waals surface area contributed by atoms with Gasteiger partial charge in [-0.3, -0.25) is 0 Å². The number of hydrogen-bond acceptors (Lipinski definition) is 3. The number of ketones is 1. The Kier molecular flexibility index (Phi) is 8.16. The van der Waals surface area contributed by atoms with Crippen LogP contribution < -0.4 is 5.73 Å². The van der Waals surface area contributed by atoms with E-state index < -0.39 is 5.54 Å². The van der Waals surface area contributed by atoms with Gasteiger partial charge in [0.05, 0.1) is 6.61 Å². The quantitative estimate of drug-likeness (QED) is 0.704. The molecule has 0 bridgehead atoms. The molecule has 0 aliphatic rings. The van der Waals surface area contributed by atoms with Gasteiger partial charge in [0, 0.05) is 12.0 Å². The molecular formula is C10H23NO2. The Labute approximate surface area is 81.3 Å². The molecule has 0 aromatic heterocycles. The number of carbonyl (C=O) groups is 1. The average Bonchev–Trinajstić information content (AvgIpc) is 1.84. The number of aliphatic hydroxyl groups excluding tert-OH is 1. The van der Waals surface area contributed by atoms with Gasteiger partial charge in [-0.05, 0) is 26.7 Å². The van der Waals surface area contributed by atoms with Crippen molar-refractivity contribution in [3.8, 4) is 0 Å². The maximum Gasteiger partial charge on any atom is 0.130 e. The summed E-state index contributed by atoms with van der Waals surface area (Å²) in [6, 6.07) is 0. The highest BCUT2D eigenvalue weighted by Gasteiger charge is 2.05. The summed E-state index contributed by atoms with van der Waals surface area (Å²) in [4.78, 5) is 10.3. The Morgan fingerprint density at radius 3 is 1.77 bits per heavy atom. The summed E-state index contributed by atoms with van der Waals surface area (Å²) in [6.45, 7) is 9.30. The Hall–Kier alpha value is -0.410. The first-order chi connectivity index (χ1) is 5.69. The summed E-state index contributed by atoms with van der Waals surface area (Å²) in [5, 5.41) is 8.28. The standard InChI is InChI=1S/C6H12O.C4H11NO/c1-5(2)4-6(3)7;1-4(2,5)3-6/h5H,4H2,1-3H3;6H,3,5H2,1-2H3. The number of nitrogens with two attached hydrogens (primary N) is 1. The van der Waals surface area contributed by atoms with Gasteiger partial charge in [-0.2, -0.15) is 0 Å². The minimum Gasteiger partial charge on any atom is -0.394 e. The number of hydrogen-bond donors (Lipinski definition) is 2. The van der Waals surface area contributed by atoms with E-state index in [0.717, 1.165) is 6.42 Å². The smallest absolute Gasteiger partial charge is 0.130 e. The van der Waals surface area contributed by atoms with E-state index in [1.807, 2.05) is 13.8 Å². The molecule has 0 amide bonds. The molecule has 3 N–H and O–H groups in total. The minimum absolute atomic E-state index is 0.0486. The molecule has 0 aliphatic carbocycles. The molecule has 0 aliphatic heterocycles. The molecule has 0 aromatic rings. The Morgan fingerprint density at radius 2 is 1.77 bits per heavy atom. The lowest BCUT2D eigenvalue weighted by molar-refractivity contribution is -0.117. The zero-order chi connectivity index (χ0) is 11.1. The number of aliphatic hydroxyl groups is 1. The summed E-state index contributed by atoms with van der Waals surface area (Å²) in [5.41, 5.74) is 4.88. The van der Waals surface area contributed by atoms with Gasteiger partial charge in [0.25, 0.3) is 0 Å². The van der Waals surface area contributed by atoms with Gasteiger partial charge >= 0.3 is 0 Å². The minimum atomic E-state index is -0.403. The predicted octanol–water partition coefficient (Wildman–Crippen LogP) is 1.34. The van der Waals surface area contributed by atoms with E-state index in [1.54, 1.807) is 20.8 Å². The van der Waals surface area contributed by atoms with E-state index in [2.05, 4.69) is 0 Å². The molecule has 0 unspecified atom stereocenters. The summed E-state index contributed by atoms with van der Waals surface area (Å²) < 4.78 is 0. The third-order valence-corrected chi connectivity index (χ3v) is 1.10. The van der Waals surface area contributed by atoms with Crippen molar-refractivity contribution in [1.82, 2.24) is 0 Å². The molecule has 0 aromatic carbocycles. The van der Waals surface area contributed by atoms with E-state index in [0.29, 0.717) is 5.92 Å². The summed E-state index contributed by atoms with van der Waals surface area (Å²) in [7, 11) is 0. The first-order valence-electron chi connectivity index (χ1n) is 4.58. The van der Waals surface area contributed by atoms with Crippen LogP contribution in [0.15, 0.2) is 0 Å². The monoisotopic (exact) mass is 189 g/mol. The van der Waals surface area contributed by atoms with Crippen LogP contribution in [0, 0.1) is 5.92 Å². The lowest BCUT2D eigenvalue weighted by atomic mass is 10.1. The Bertz CT molecular complexity index is 136. The van der Waals surface area contributed by atoms with Gasteiger partial charge < -0.3 is 15.6 Å². The van der Waals surface area contributed by atoms with Crippen molar-refractivity contribution in [3.63, 3.8) is 0 Å². The number of Topliss-reactive ketones (excluding diaryl/α,β-unsaturated/α-hetero) is 1. The van der Waals surface area contributed by atoms with E-state index in [-0.39, 0.29) is 12.4 Å². The van der Waals surface area contributed by atoms with Crippen molar-refractivity contribution in [2.75, 3.05) is 6.61 Å². The van der Waals surface area contributed by atoms with Gasteiger partial charge in [-0.1, -0.05) is 13.8 Å². The largest absolute Gasteiger partial charge is 0.394 e. The van der Waals surface area contributed by atoms with Gasteiger partial charge in [-0.15, -0.1) is 0 Å². The molecule has 0 saturated heterocycles. The Morgan fingerprint density at radius 1 is 1.46 bits per heavy atom. The second-order valence-electron chi connectivity index (χ2n) is 4.45. The van der Waals surface area contributed by atoms with Crippen LogP contribution in [-0.4, -0.2) is 23.0 Å². The molecule has 0 radical (unpaired) electrons. The Balaban J connectivity index is 0. The van der Waals surface area contributed by atoms with Crippen molar-refractivity contribution < 1.29 is 9.90 Å². The molecule has 0 saturated carbocycles. The van der Waals surface area contributed by atoms with E-state index in [9.17, 15) is 4.79 Å². The molecule has 0 heterocycles. The SMILES string of the molecule is CC(=O)CC(C)C.CC(C)(N)CO. The van der Waals surface area contributed by atoms with Crippen molar-refractivity contribution in [3.05, 3.63) is 0 Å². The zero-order valence-corrected chi connectivity index (χ0v) is 9.42. The summed E-state index contributed by atoms with van der Waals surface area (Å²) in [5.74, 6) is 0.813. The van der Waals surface area contributed by atoms with Crippen LogP contribution >= 0.6 is 0 Å². The van der Waals surface area contributed by atoms with E-state index in [4.69, 9.17) is 10.8 Å². The fraction of sp³-hybridized carbons (Fsp3) is 0.900. The highest BCUT2D eigenvalue weighted by Crippen LogP contribution is 1.97. The topological polar surface area (TPSA) is 63.3 Å². The lowest BCUT2D eigenvalue weighted by Gasteiger charge is -2.12. The van der Waals surface area contributed by atoms with Crippen LogP contribution in [0.2, 0.25) is 0 Å². The second kappa shape index (κ2) is 7.04. The number of rotatable bonds is 3. The molecule has 0 atom stereocenters. The average molecular weight is 189 g/mol. The van der Waals surface area contributed by atoms with Crippen LogP contribution in [0.4, 0.5) is 0 Å². The molecule has 0 fully saturated rings. The zero-order valence-electron chi connectivity index (χ0n) is 9.42. The second-order valence-corrected chi connectivity index (χ2v) is 4.45. The van der Waals surface area contributed by atoms with Gasteiger partial charge in [-0.25, -0.2) is 0 Å².